The van der Waals surface area contributed by atoms with Gasteiger partial charge in [-0.2, -0.15) is 0 Å². The standard InChI is InChI=1S/C18H22N2O2/c1-14(20(2)16-11-7-4-8-12-16)13-19-18(22)17(21)15-9-5-3-6-10-15/h3-12,14,17,21H,13H2,1-2H3,(H,19,22). The molecule has 0 aliphatic rings. The molecule has 22 heavy (non-hydrogen) atoms. The summed E-state index contributed by atoms with van der Waals surface area (Å²) >= 11 is 0. The van der Waals surface area contributed by atoms with Crippen molar-refractivity contribution in [2.75, 3.05) is 18.5 Å². The highest BCUT2D eigenvalue weighted by atomic mass is 16.3. The number of hydrogen-bond acceptors (Lipinski definition) is 3. The maximum atomic E-state index is 12.0. The Kier molecular flexibility index (Phi) is 5.55. The molecule has 4 nitrogen and oxygen atoms in total. The molecule has 0 bridgehead atoms. The van der Waals surface area contributed by atoms with Crippen LogP contribution in [0.1, 0.15) is 18.6 Å². The third kappa shape index (κ3) is 4.09. The van der Waals surface area contributed by atoms with Crippen LogP contribution in [-0.4, -0.2) is 30.6 Å². The summed E-state index contributed by atoms with van der Waals surface area (Å²) < 4.78 is 0. The van der Waals surface area contributed by atoms with Crippen LogP contribution in [0.4, 0.5) is 5.69 Å². The van der Waals surface area contributed by atoms with Crippen molar-refractivity contribution in [3.8, 4) is 0 Å². The molecular formula is C18H22N2O2. The fourth-order valence-electron chi connectivity index (χ4n) is 2.19. The lowest BCUT2D eigenvalue weighted by Gasteiger charge is -2.27. The average molecular weight is 298 g/mol. The van der Waals surface area contributed by atoms with E-state index in [9.17, 15) is 9.90 Å². The highest BCUT2D eigenvalue weighted by Gasteiger charge is 2.18. The van der Waals surface area contributed by atoms with E-state index in [2.05, 4.69) is 10.2 Å². The SMILES string of the molecule is CC(CNC(=O)C(O)c1ccccc1)N(C)c1ccccc1. The molecule has 0 fully saturated rings. The molecule has 2 unspecified atom stereocenters. The van der Waals surface area contributed by atoms with Crippen molar-refractivity contribution < 1.29 is 9.90 Å². The Morgan fingerprint density at radius 3 is 2.23 bits per heavy atom. The molecule has 2 atom stereocenters. The summed E-state index contributed by atoms with van der Waals surface area (Å²) in [5.41, 5.74) is 1.69. The van der Waals surface area contributed by atoms with E-state index in [1.165, 1.54) is 0 Å². The number of anilines is 1. The highest BCUT2D eigenvalue weighted by molar-refractivity contribution is 5.81. The molecule has 116 valence electrons. The Morgan fingerprint density at radius 1 is 1.09 bits per heavy atom. The van der Waals surface area contributed by atoms with E-state index in [1.807, 2.05) is 50.4 Å². The van der Waals surface area contributed by atoms with Crippen molar-refractivity contribution in [3.63, 3.8) is 0 Å². The van der Waals surface area contributed by atoms with E-state index in [0.29, 0.717) is 12.1 Å². The predicted molar refractivity (Wildman–Crippen MR) is 88.7 cm³/mol. The summed E-state index contributed by atoms with van der Waals surface area (Å²) in [6.07, 6.45) is -1.13. The molecule has 0 aliphatic carbocycles. The van der Waals surface area contributed by atoms with Gasteiger partial charge in [0.05, 0.1) is 0 Å². The minimum absolute atomic E-state index is 0.120. The van der Waals surface area contributed by atoms with Crippen molar-refractivity contribution in [1.29, 1.82) is 0 Å². The van der Waals surface area contributed by atoms with Crippen LogP contribution in [0.3, 0.4) is 0 Å². The van der Waals surface area contributed by atoms with Crippen LogP contribution in [0, 0.1) is 0 Å². The van der Waals surface area contributed by atoms with E-state index in [-0.39, 0.29) is 11.9 Å². The number of amides is 1. The molecule has 2 rings (SSSR count). The first-order valence-corrected chi connectivity index (χ1v) is 7.38. The van der Waals surface area contributed by atoms with Gasteiger partial charge in [-0.3, -0.25) is 4.79 Å². The molecule has 0 aliphatic heterocycles. The fourth-order valence-corrected chi connectivity index (χ4v) is 2.19. The predicted octanol–water partition coefficient (Wildman–Crippen LogP) is 2.36. The van der Waals surface area contributed by atoms with E-state index in [0.717, 1.165) is 5.69 Å². The number of para-hydroxylation sites is 1. The Hall–Kier alpha value is -2.33. The van der Waals surface area contributed by atoms with Crippen LogP contribution < -0.4 is 10.2 Å². The quantitative estimate of drug-likeness (QED) is 0.861. The van der Waals surface area contributed by atoms with Gasteiger partial charge in [0.2, 0.25) is 0 Å². The summed E-state index contributed by atoms with van der Waals surface area (Å²) in [5, 5.41) is 12.8. The van der Waals surface area contributed by atoms with Gasteiger partial charge in [0.1, 0.15) is 0 Å². The fraction of sp³-hybridized carbons (Fsp3) is 0.278. The second kappa shape index (κ2) is 7.61. The molecule has 2 aromatic rings. The monoisotopic (exact) mass is 298 g/mol. The molecule has 1 amide bonds. The third-order valence-corrected chi connectivity index (χ3v) is 3.76. The van der Waals surface area contributed by atoms with Gasteiger partial charge in [-0.1, -0.05) is 48.5 Å². The summed E-state index contributed by atoms with van der Waals surface area (Å²) in [6.45, 7) is 2.50. The number of nitrogens with zero attached hydrogens (tertiary/aromatic N) is 1. The van der Waals surface area contributed by atoms with Gasteiger partial charge in [-0.25, -0.2) is 0 Å². The second-order valence-electron chi connectivity index (χ2n) is 5.35. The van der Waals surface area contributed by atoms with E-state index in [1.54, 1.807) is 24.3 Å². The largest absolute Gasteiger partial charge is 0.378 e. The van der Waals surface area contributed by atoms with Crippen LogP contribution in [-0.2, 0) is 4.79 Å². The molecule has 0 heterocycles. The molecule has 2 aromatic carbocycles. The number of aliphatic hydroxyl groups is 1. The van der Waals surface area contributed by atoms with Crippen molar-refractivity contribution >= 4 is 11.6 Å². The number of benzene rings is 2. The van der Waals surface area contributed by atoms with Gasteiger partial charge in [0, 0.05) is 25.3 Å². The van der Waals surface area contributed by atoms with Gasteiger partial charge in [-0.05, 0) is 24.6 Å². The first-order valence-electron chi connectivity index (χ1n) is 7.38. The maximum absolute atomic E-state index is 12.0. The molecular weight excluding hydrogens is 276 g/mol. The lowest BCUT2D eigenvalue weighted by molar-refractivity contribution is -0.129. The van der Waals surface area contributed by atoms with Gasteiger partial charge < -0.3 is 15.3 Å². The Bertz CT molecular complexity index is 587. The second-order valence-corrected chi connectivity index (χ2v) is 5.35. The molecule has 0 radical (unpaired) electrons. The zero-order valence-corrected chi connectivity index (χ0v) is 12.9. The van der Waals surface area contributed by atoms with Crippen LogP contribution in [0.2, 0.25) is 0 Å². The van der Waals surface area contributed by atoms with Crippen molar-refractivity contribution in [1.82, 2.24) is 5.32 Å². The summed E-state index contributed by atoms with van der Waals surface area (Å²) in [6, 6.07) is 19.0. The molecule has 0 aromatic heterocycles. The van der Waals surface area contributed by atoms with E-state index in [4.69, 9.17) is 0 Å². The first kappa shape index (κ1) is 16.0. The highest BCUT2D eigenvalue weighted by Crippen LogP contribution is 2.14. The van der Waals surface area contributed by atoms with Gasteiger partial charge in [0.25, 0.3) is 5.91 Å². The van der Waals surface area contributed by atoms with Crippen LogP contribution >= 0.6 is 0 Å². The number of carbonyl (C=O) groups excluding carboxylic acids is 1. The van der Waals surface area contributed by atoms with E-state index >= 15 is 0 Å². The number of carbonyl (C=O) groups is 1. The summed E-state index contributed by atoms with van der Waals surface area (Å²) in [4.78, 5) is 14.1. The number of nitrogens with one attached hydrogen (secondary N) is 1. The number of hydrogen-bond donors (Lipinski definition) is 2. The van der Waals surface area contributed by atoms with Crippen LogP contribution in [0.5, 0.6) is 0 Å². The Balaban J connectivity index is 1.88. The minimum Gasteiger partial charge on any atom is -0.378 e. The van der Waals surface area contributed by atoms with Crippen molar-refractivity contribution in [2.45, 2.75) is 19.1 Å². The molecule has 0 spiro atoms. The normalized spacial score (nSPS) is 13.2. The Morgan fingerprint density at radius 2 is 1.64 bits per heavy atom. The summed E-state index contributed by atoms with van der Waals surface area (Å²) in [7, 11) is 1.99. The zero-order valence-electron chi connectivity index (χ0n) is 12.9. The van der Waals surface area contributed by atoms with Crippen LogP contribution in [0.15, 0.2) is 60.7 Å². The van der Waals surface area contributed by atoms with E-state index < -0.39 is 6.10 Å². The maximum Gasteiger partial charge on any atom is 0.253 e. The molecule has 0 saturated carbocycles. The van der Waals surface area contributed by atoms with Gasteiger partial charge >= 0.3 is 0 Å². The van der Waals surface area contributed by atoms with Gasteiger partial charge in [0.15, 0.2) is 6.10 Å². The summed E-state index contributed by atoms with van der Waals surface area (Å²) in [5.74, 6) is -0.375. The Labute approximate surface area is 131 Å². The van der Waals surface area contributed by atoms with Crippen LogP contribution in [0.25, 0.3) is 0 Å². The number of rotatable bonds is 6. The zero-order chi connectivity index (χ0) is 15.9. The van der Waals surface area contributed by atoms with Gasteiger partial charge in [-0.15, -0.1) is 0 Å². The topological polar surface area (TPSA) is 52.6 Å². The smallest absolute Gasteiger partial charge is 0.253 e. The molecule has 4 heteroatoms. The van der Waals surface area contributed by atoms with Crippen molar-refractivity contribution in [2.24, 2.45) is 0 Å². The molecule has 0 saturated heterocycles. The average Bonchev–Trinajstić information content (AvgIpc) is 2.59. The molecule has 2 N–H and O–H groups in total. The minimum atomic E-state index is -1.13. The lowest BCUT2D eigenvalue weighted by Crippen LogP contribution is -2.41. The third-order valence-electron chi connectivity index (χ3n) is 3.76. The first-order chi connectivity index (χ1) is 10.6. The lowest BCUT2D eigenvalue weighted by atomic mass is 10.1. The number of aliphatic hydroxyl groups excluding tert-OH is 1. The van der Waals surface area contributed by atoms with Crippen molar-refractivity contribution in [3.05, 3.63) is 66.2 Å². The number of likely N-dealkylation sites (N-methyl/N-ethyl adjacent to an activating group) is 1.